The van der Waals surface area contributed by atoms with Crippen LogP contribution in [0, 0.1) is 0 Å². The van der Waals surface area contributed by atoms with Crippen LogP contribution in [0.2, 0.25) is 0 Å². The number of hydrogen-bond acceptors (Lipinski definition) is 10. The lowest BCUT2D eigenvalue weighted by molar-refractivity contribution is -0.160. The molecule has 0 spiro atoms. The van der Waals surface area contributed by atoms with Crippen LogP contribution in [0.3, 0.4) is 0 Å². The first kappa shape index (κ1) is 66.1. The molecule has 0 fully saturated rings. The molecule has 0 heterocycles. The molecule has 70 heavy (non-hydrogen) atoms. The molecule has 398 valence electrons. The van der Waals surface area contributed by atoms with Crippen LogP contribution in [-0.4, -0.2) is 66.5 Å². The van der Waals surface area contributed by atoms with Crippen LogP contribution in [0.15, 0.2) is 109 Å². The Kier molecular flexibility index (Phi) is 48.7. The molecule has 0 rings (SSSR count). The molecule has 0 aliphatic heterocycles. The molecule has 0 aliphatic rings. The van der Waals surface area contributed by atoms with E-state index in [4.69, 9.17) is 23.3 Å². The summed E-state index contributed by atoms with van der Waals surface area (Å²) in [6, 6.07) is 0. The number of rotatable bonds is 48. The molecule has 0 aromatic rings. The van der Waals surface area contributed by atoms with E-state index in [0.29, 0.717) is 19.3 Å². The molecule has 0 aromatic heterocycles. The Labute approximate surface area is 425 Å². The van der Waals surface area contributed by atoms with Crippen molar-refractivity contribution in [2.45, 2.75) is 213 Å². The van der Waals surface area contributed by atoms with E-state index in [-0.39, 0.29) is 19.3 Å². The summed E-state index contributed by atoms with van der Waals surface area (Å²) in [7, 11) is -4.78. The van der Waals surface area contributed by atoms with Crippen molar-refractivity contribution < 1.29 is 52.2 Å². The number of ether oxygens (including phenoxy) is 3. The van der Waals surface area contributed by atoms with Crippen molar-refractivity contribution in [3.05, 3.63) is 109 Å². The number of allylic oxidation sites excluding steroid dienone is 17. The Morgan fingerprint density at radius 2 is 0.800 bits per heavy atom. The van der Waals surface area contributed by atoms with Crippen molar-refractivity contribution in [1.29, 1.82) is 0 Å². The van der Waals surface area contributed by atoms with Crippen molar-refractivity contribution in [3.63, 3.8) is 0 Å². The van der Waals surface area contributed by atoms with Gasteiger partial charge in [-0.05, 0) is 103 Å². The molecule has 2 N–H and O–H groups in total. The third kappa shape index (κ3) is 49.1. The van der Waals surface area contributed by atoms with Gasteiger partial charge < -0.3 is 24.2 Å². The lowest BCUT2D eigenvalue weighted by Gasteiger charge is -2.21. The summed E-state index contributed by atoms with van der Waals surface area (Å²) in [6.45, 7) is 4.23. The van der Waals surface area contributed by atoms with Crippen LogP contribution in [0.4, 0.5) is 0 Å². The van der Waals surface area contributed by atoms with E-state index in [1.54, 1.807) is 6.08 Å². The van der Waals surface area contributed by atoms with Crippen LogP contribution in [0.25, 0.3) is 0 Å². The summed E-state index contributed by atoms with van der Waals surface area (Å²) in [5.74, 6) is -1.67. The van der Waals surface area contributed by atoms with Crippen LogP contribution >= 0.6 is 7.82 Å². The first-order valence-electron chi connectivity index (χ1n) is 26.8. The van der Waals surface area contributed by atoms with Crippen LogP contribution in [0.5, 0.6) is 0 Å². The van der Waals surface area contributed by atoms with Crippen molar-refractivity contribution in [2.75, 3.05) is 26.4 Å². The van der Waals surface area contributed by atoms with Gasteiger partial charge in [0.05, 0.1) is 26.2 Å². The Bertz CT molecular complexity index is 1590. The number of unbranched alkanes of at least 4 members (excludes halogenated alkanes) is 14. The Morgan fingerprint density at radius 1 is 0.429 bits per heavy atom. The normalized spacial score (nSPS) is 14.3. The molecule has 12 heteroatoms. The molecule has 0 radical (unpaired) electrons. The molecule has 0 aromatic carbocycles. The molecule has 0 amide bonds. The summed E-state index contributed by atoms with van der Waals surface area (Å²) in [4.78, 5) is 48.3. The van der Waals surface area contributed by atoms with E-state index in [0.717, 1.165) is 103 Å². The standard InChI is InChI=1S/C58H95O11P/c1-4-7-10-13-16-19-22-25-27-30-33-36-39-42-45-48-57(61)68-54(50-59)52-66-70(63,64)67-53-55(51-65-56(60)47-44-41-38-35-32-29-24-21-18-15-12-9-6-3)69-58(62)49-46-43-40-37-34-31-28-26-23-20-17-14-11-8-5-2/h8-9,11-12,17-18,20-21,25-29,32,34,37,43,46,54-55,59H,4-7,10,13-16,19,22-24,30-31,33,35-36,38-42,44-45,47-53H2,1-3H3,(H,63,64)/b11-8-,12-9-,20-17-,21-18-,27-25-,28-26-,32-29-,37-34-,46-43-. The highest BCUT2D eigenvalue weighted by Gasteiger charge is 2.28. The van der Waals surface area contributed by atoms with E-state index in [9.17, 15) is 28.9 Å². The van der Waals surface area contributed by atoms with Gasteiger partial charge in [-0.25, -0.2) is 4.57 Å². The summed E-state index contributed by atoms with van der Waals surface area (Å²) >= 11 is 0. The van der Waals surface area contributed by atoms with Gasteiger partial charge in [-0.2, -0.15) is 0 Å². The Morgan fingerprint density at radius 3 is 1.29 bits per heavy atom. The van der Waals surface area contributed by atoms with Crippen molar-refractivity contribution in [3.8, 4) is 0 Å². The van der Waals surface area contributed by atoms with Crippen molar-refractivity contribution in [2.24, 2.45) is 0 Å². The number of aliphatic hydroxyl groups is 1. The van der Waals surface area contributed by atoms with Gasteiger partial charge in [-0.3, -0.25) is 23.4 Å². The van der Waals surface area contributed by atoms with Gasteiger partial charge in [0.1, 0.15) is 12.7 Å². The highest BCUT2D eigenvalue weighted by atomic mass is 31.2. The fourth-order valence-electron chi connectivity index (χ4n) is 6.67. The number of phosphoric acid groups is 1. The molecule has 11 nitrogen and oxygen atoms in total. The third-order valence-electron chi connectivity index (χ3n) is 10.7. The van der Waals surface area contributed by atoms with Gasteiger partial charge in [0.2, 0.25) is 0 Å². The van der Waals surface area contributed by atoms with Gasteiger partial charge in [-0.15, -0.1) is 0 Å². The predicted molar refractivity (Wildman–Crippen MR) is 288 cm³/mol. The molecule has 3 unspecified atom stereocenters. The maximum atomic E-state index is 12.9. The van der Waals surface area contributed by atoms with Gasteiger partial charge in [0.25, 0.3) is 0 Å². The first-order valence-corrected chi connectivity index (χ1v) is 28.3. The van der Waals surface area contributed by atoms with Gasteiger partial charge in [-0.1, -0.05) is 188 Å². The van der Waals surface area contributed by atoms with Crippen molar-refractivity contribution >= 4 is 25.7 Å². The van der Waals surface area contributed by atoms with Gasteiger partial charge >= 0.3 is 25.7 Å². The van der Waals surface area contributed by atoms with E-state index in [1.807, 2.05) is 18.2 Å². The summed E-state index contributed by atoms with van der Waals surface area (Å²) in [5.41, 5.74) is 0. The largest absolute Gasteiger partial charge is 0.472 e. The average Bonchev–Trinajstić information content (AvgIpc) is 3.35. The number of aliphatic hydroxyl groups excluding tert-OH is 1. The smallest absolute Gasteiger partial charge is 0.462 e. The molecule has 0 aliphatic carbocycles. The SMILES string of the molecule is CC/C=C\C/C=C\C/C=C\C/C=C\C/C=C\CC(=O)OC(COC(=O)CCCCC/C=C\C/C=C\C/C=C\CC)COP(=O)(O)OCC(CO)OC(=O)CCCCCCC/C=C\CCCCCCCC. The number of phosphoric ester groups is 1. The Balaban J connectivity index is 4.88. The fourth-order valence-corrected chi connectivity index (χ4v) is 7.46. The second-order valence-electron chi connectivity index (χ2n) is 17.3. The zero-order chi connectivity index (χ0) is 51.3. The number of hydrogen-bond donors (Lipinski definition) is 2. The Hall–Kier alpha value is -3.86. The predicted octanol–water partition coefficient (Wildman–Crippen LogP) is 15.5. The highest BCUT2D eigenvalue weighted by molar-refractivity contribution is 7.47. The lowest BCUT2D eigenvalue weighted by Crippen LogP contribution is -2.30. The minimum atomic E-state index is -4.78. The summed E-state index contributed by atoms with van der Waals surface area (Å²) in [5, 5.41) is 9.79. The molecular formula is C58H95O11P. The van der Waals surface area contributed by atoms with E-state index < -0.39 is 64.4 Å². The van der Waals surface area contributed by atoms with Crippen LogP contribution in [-0.2, 0) is 42.2 Å². The number of carbonyl (C=O) groups is 3. The molecule has 3 atom stereocenters. The van der Waals surface area contributed by atoms with E-state index >= 15 is 0 Å². The second kappa shape index (κ2) is 51.5. The second-order valence-corrected chi connectivity index (χ2v) is 18.7. The number of carbonyl (C=O) groups excluding carboxylic acids is 3. The maximum absolute atomic E-state index is 12.9. The number of esters is 3. The molecule has 0 bridgehead atoms. The van der Waals surface area contributed by atoms with Gasteiger partial charge in [0, 0.05) is 12.8 Å². The monoisotopic (exact) mass is 999 g/mol. The molecule has 0 saturated heterocycles. The molecule has 0 saturated carbocycles. The van der Waals surface area contributed by atoms with E-state index in [1.165, 1.54) is 38.5 Å². The van der Waals surface area contributed by atoms with E-state index in [2.05, 4.69) is 106 Å². The lowest BCUT2D eigenvalue weighted by atomic mass is 10.1. The maximum Gasteiger partial charge on any atom is 0.472 e. The first-order chi connectivity index (χ1) is 34.2. The quantitative estimate of drug-likeness (QED) is 0.0197. The highest BCUT2D eigenvalue weighted by Crippen LogP contribution is 2.43. The minimum absolute atomic E-state index is 0.0766. The third-order valence-corrected chi connectivity index (χ3v) is 11.6. The summed E-state index contributed by atoms with van der Waals surface area (Å²) < 4.78 is 39.2. The minimum Gasteiger partial charge on any atom is -0.462 e. The van der Waals surface area contributed by atoms with Crippen LogP contribution < -0.4 is 0 Å². The zero-order valence-electron chi connectivity index (χ0n) is 43.7. The van der Waals surface area contributed by atoms with Crippen LogP contribution in [0.1, 0.15) is 201 Å². The average molecular weight is 999 g/mol. The summed E-state index contributed by atoms with van der Waals surface area (Å²) in [6.07, 6.45) is 60.9. The topological polar surface area (TPSA) is 155 Å². The fraction of sp³-hybridized carbons (Fsp3) is 0.638. The van der Waals surface area contributed by atoms with Crippen molar-refractivity contribution in [1.82, 2.24) is 0 Å². The van der Waals surface area contributed by atoms with Gasteiger partial charge in [0.15, 0.2) is 6.10 Å². The molecular weight excluding hydrogens is 904 g/mol. The zero-order valence-corrected chi connectivity index (χ0v) is 44.6.